The fourth-order valence-corrected chi connectivity index (χ4v) is 2.47. The molecular formula is C16H32O2. The molecule has 0 heterocycles. The summed E-state index contributed by atoms with van der Waals surface area (Å²) in [7, 11) is 0. The first-order valence-corrected chi connectivity index (χ1v) is 7.79. The van der Waals surface area contributed by atoms with Crippen LogP contribution in [0.15, 0.2) is 0 Å². The fraction of sp³-hybridized carbons (Fsp3) is 0.938. The highest BCUT2D eigenvalue weighted by atomic mass is 16.4. The number of carboxylic acid groups (broad SMARTS) is 1. The van der Waals surface area contributed by atoms with Gasteiger partial charge in [-0.3, -0.25) is 4.79 Å². The lowest BCUT2D eigenvalue weighted by molar-refractivity contribution is -0.137. The van der Waals surface area contributed by atoms with Crippen LogP contribution in [0.2, 0.25) is 0 Å². The molecule has 0 aromatic carbocycles. The minimum Gasteiger partial charge on any atom is -0.481 e. The van der Waals surface area contributed by atoms with E-state index < -0.39 is 5.97 Å². The maximum Gasteiger partial charge on any atom is 0.303 e. The Balaban J connectivity index is 3.27. The molecule has 0 saturated carbocycles. The van der Waals surface area contributed by atoms with Gasteiger partial charge < -0.3 is 5.11 Å². The zero-order valence-corrected chi connectivity index (χ0v) is 12.6. The molecule has 0 fully saturated rings. The minimum absolute atomic E-state index is 0.339. The number of carboxylic acids is 1. The number of hydrogen-bond donors (Lipinski definition) is 1. The lowest BCUT2D eigenvalue weighted by atomic mass is 9.87. The fourth-order valence-electron chi connectivity index (χ4n) is 2.47. The number of carbonyl (C=O) groups is 1. The second-order valence-electron chi connectivity index (χ2n) is 5.80. The number of aliphatic carboxylic acids is 1. The zero-order valence-electron chi connectivity index (χ0n) is 12.6. The van der Waals surface area contributed by atoms with E-state index in [1.54, 1.807) is 0 Å². The van der Waals surface area contributed by atoms with Gasteiger partial charge in [-0.15, -0.1) is 0 Å². The number of unbranched alkanes of at least 4 members (excludes halogenated alkanes) is 5. The molecule has 0 saturated heterocycles. The maximum absolute atomic E-state index is 10.3. The summed E-state index contributed by atoms with van der Waals surface area (Å²) in [4.78, 5) is 10.3. The Kier molecular flexibility index (Phi) is 11.2. The molecule has 0 aliphatic rings. The predicted octanol–water partition coefficient (Wildman–Crippen LogP) is 5.26. The van der Waals surface area contributed by atoms with Crippen molar-refractivity contribution in [1.82, 2.24) is 0 Å². The second-order valence-corrected chi connectivity index (χ2v) is 5.80. The van der Waals surface area contributed by atoms with E-state index in [9.17, 15) is 4.79 Å². The van der Waals surface area contributed by atoms with Crippen LogP contribution in [-0.4, -0.2) is 11.1 Å². The summed E-state index contributed by atoms with van der Waals surface area (Å²) < 4.78 is 0. The largest absolute Gasteiger partial charge is 0.481 e. The van der Waals surface area contributed by atoms with Gasteiger partial charge in [0.25, 0.3) is 0 Å². The number of hydrogen-bond acceptors (Lipinski definition) is 1. The van der Waals surface area contributed by atoms with Crippen LogP contribution in [0.1, 0.15) is 85.0 Å². The molecule has 0 amide bonds. The molecule has 2 unspecified atom stereocenters. The maximum atomic E-state index is 10.3. The smallest absolute Gasteiger partial charge is 0.303 e. The van der Waals surface area contributed by atoms with Crippen molar-refractivity contribution in [2.45, 2.75) is 85.0 Å². The van der Waals surface area contributed by atoms with E-state index >= 15 is 0 Å². The molecule has 2 heteroatoms. The van der Waals surface area contributed by atoms with Gasteiger partial charge in [-0.2, -0.15) is 0 Å². The van der Waals surface area contributed by atoms with Gasteiger partial charge in [0.05, 0.1) is 0 Å². The van der Waals surface area contributed by atoms with Crippen molar-refractivity contribution in [3.05, 3.63) is 0 Å². The summed E-state index contributed by atoms with van der Waals surface area (Å²) in [5.74, 6) is 1.07. The molecule has 0 bridgehead atoms. The topological polar surface area (TPSA) is 37.3 Å². The van der Waals surface area contributed by atoms with E-state index in [4.69, 9.17) is 5.11 Å². The van der Waals surface area contributed by atoms with E-state index in [0.29, 0.717) is 6.42 Å². The molecule has 2 nitrogen and oxygen atoms in total. The van der Waals surface area contributed by atoms with Crippen LogP contribution < -0.4 is 0 Å². The van der Waals surface area contributed by atoms with E-state index in [0.717, 1.165) is 24.7 Å². The zero-order chi connectivity index (χ0) is 13.8. The van der Waals surface area contributed by atoms with Gasteiger partial charge >= 0.3 is 5.97 Å². The average Bonchev–Trinajstić information content (AvgIpc) is 2.32. The van der Waals surface area contributed by atoms with Crippen molar-refractivity contribution < 1.29 is 9.90 Å². The Labute approximate surface area is 113 Å². The minimum atomic E-state index is -0.659. The van der Waals surface area contributed by atoms with Gasteiger partial charge in [0.15, 0.2) is 0 Å². The molecule has 0 aromatic heterocycles. The lowest BCUT2D eigenvalue weighted by Gasteiger charge is -2.18. The van der Waals surface area contributed by atoms with Gasteiger partial charge in [0, 0.05) is 6.42 Å². The van der Waals surface area contributed by atoms with E-state index in [2.05, 4.69) is 20.8 Å². The summed E-state index contributed by atoms with van der Waals surface area (Å²) in [5, 5.41) is 8.51. The van der Waals surface area contributed by atoms with Crippen LogP contribution in [-0.2, 0) is 4.79 Å². The summed E-state index contributed by atoms with van der Waals surface area (Å²) in [6, 6.07) is 0. The van der Waals surface area contributed by atoms with Crippen LogP contribution in [0.3, 0.4) is 0 Å². The molecule has 18 heavy (non-hydrogen) atoms. The van der Waals surface area contributed by atoms with Gasteiger partial charge in [-0.05, 0) is 18.3 Å². The van der Waals surface area contributed by atoms with Crippen molar-refractivity contribution in [2.24, 2.45) is 11.8 Å². The normalized spacial score (nSPS) is 14.4. The average molecular weight is 256 g/mol. The van der Waals surface area contributed by atoms with Crippen LogP contribution in [0.25, 0.3) is 0 Å². The van der Waals surface area contributed by atoms with Crippen LogP contribution >= 0.6 is 0 Å². The van der Waals surface area contributed by atoms with Gasteiger partial charge in [0.1, 0.15) is 0 Å². The molecule has 2 atom stereocenters. The van der Waals surface area contributed by atoms with Crippen LogP contribution in [0, 0.1) is 11.8 Å². The molecule has 0 radical (unpaired) electrons. The third kappa shape index (κ3) is 10.6. The van der Waals surface area contributed by atoms with Crippen molar-refractivity contribution in [2.75, 3.05) is 0 Å². The molecule has 0 aromatic rings. The van der Waals surface area contributed by atoms with Gasteiger partial charge in [-0.25, -0.2) is 0 Å². The highest BCUT2D eigenvalue weighted by molar-refractivity contribution is 5.66. The Morgan fingerprint density at radius 2 is 1.39 bits per heavy atom. The standard InChI is InChI=1S/C16H32O2/c1-4-11-14(2)15(3)12-9-7-5-6-8-10-13-16(17)18/h14-15H,4-13H2,1-3H3,(H,17,18). The van der Waals surface area contributed by atoms with E-state index in [1.807, 2.05) is 0 Å². The monoisotopic (exact) mass is 256 g/mol. The summed E-state index contributed by atoms with van der Waals surface area (Å²) in [6.07, 6.45) is 11.4. The van der Waals surface area contributed by atoms with Crippen LogP contribution in [0.4, 0.5) is 0 Å². The van der Waals surface area contributed by atoms with Crippen molar-refractivity contribution >= 4 is 5.97 Å². The van der Waals surface area contributed by atoms with Crippen LogP contribution in [0.5, 0.6) is 0 Å². The van der Waals surface area contributed by atoms with Crippen molar-refractivity contribution in [3.63, 3.8) is 0 Å². The first-order valence-electron chi connectivity index (χ1n) is 7.79. The first kappa shape index (κ1) is 17.5. The molecule has 0 spiro atoms. The first-order chi connectivity index (χ1) is 8.57. The van der Waals surface area contributed by atoms with Gasteiger partial charge in [-0.1, -0.05) is 72.1 Å². The Morgan fingerprint density at radius 3 is 1.94 bits per heavy atom. The molecule has 0 aliphatic heterocycles. The highest BCUT2D eigenvalue weighted by Crippen LogP contribution is 2.22. The quantitative estimate of drug-likeness (QED) is 0.483. The highest BCUT2D eigenvalue weighted by Gasteiger charge is 2.10. The SMILES string of the molecule is CCCC(C)C(C)CCCCCCCCC(=O)O. The summed E-state index contributed by atoms with van der Waals surface area (Å²) in [6.45, 7) is 7.02. The third-order valence-electron chi connectivity index (χ3n) is 4.02. The predicted molar refractivity (Wildman–Crippen MR) is 77.8 cm³/mol. The Morgan fingerprint density at radius 1 is 0.889 bits per heavy atom. The Hall–Kier alpha value is -0.530. The van der Waals surface area contributed by atoms with Crippen molar-refractivity contribution in [3.8, 4) is 0 Å². The number of rotatable bonds is 12. The van der Waals surface area contributed by atoms with Gasteiger partial charge in [0.2, 0.25) is 0 Å². The second kappa shape index (κ2) is 11.6. The van der Waals surface area contributed by atoms with E-state index in [1.165, 1.54) is 44.9 Å². The molecule has 1 N–H and O–H groups in total. The molecule has 0 aliphatic carbocycles. The molecule has 108 valence electrons. The third-order valence-corrected chi connectivity index (χ3v) is 4.02. The summed E-state index contributed by atoms with van der Waals surface area (Å²) in [5.41, 5.74) is 0. The van der Waals surface area contributed by atoms with Crippen molar-refractivity contribution in [1.29, 1.82) is 0 Å². The molecule has 0 rings (SSSR count). The Bertz CT molecular complexity index is 201. The molecular weight excluding hydrogens is 224 g/mol. The summed E-state index contributed by atoms with van der Waals surface area (Å²) >= 11 is 0. The van der Waals surface area contributed by atoms with E-state index in [-0.39, 0.29) is 0 Å². The lowest BCUT2D eigenvalue weighted by Crippen LogP contribution is -2.07.